The van der Waals surface area contributed by atoms with Gasteiger partial charge in [-0.2, -0.15) is 0 Å². The lowest BCUT2D eigenvalue weighted by atomic mass is 9.97. The lowest BCUT2D eigenvalue weighted by Crippen LogP contribution is -2.24. The molecule has 1 unspecified atom stereocenters. The highest BCUT2D eigenvalue weighted by molar-refractivity contribution is 5.85. The summed E-state index contributed by atoms with van der Waals surface area (Å²) >= 11 is 0. The van der Waals surface area contributed by atoms with Gasteiger partial charge in [0.1, 0.15) is 0 Å². The van der Waals surface area contributed by atoms with E-state index < -0.39 is 0 Å². The van der Waals surface area contributed by atoms with E-state index >= 15 is 0 Å². The van der Waals surface area contributed by atoms with Gasteiger partial charge >= 0.3 is 0 Å². The highest BCUT2D eigenvalue weighted by Crippen LogP contribution is 2.42. The van der Waals surface area contributed by atoms with Crippen molar-refractivity contribution in [2.24, 2.45) is 0 Å². The number of para-hydroxylation sites is 1. The van der Waals surface area contributed by atoms with Crippen LogP contribution in [-0.2, 0) is 0 Å². The minimum absolute atomic E-state index is 0. The van der Waals surface area contributed by atoms with Gasteiger partial charge in [0.2, 0.25) is 0 Å². The van der Waals surface area contributed by atoms with E-state index in [0.29, 0.717) is 0 Å². The third-order valence-corrected chi connectivity index (χ3v) is 5.00. The third-order valence-electron chi connectivity index (χ3n) is 5.00. The standard InChI is InChI=1S/C23H26N4.2ClH/c1-26(2)16-9-17-27-21-14-7-6-12-19(21)22(18-10-4-3-5-11-18)25-20-13-8-15-24-23(20)27;;/h3-8,10-15,22,25H,9,16-17H2,1-2H3;2*1H. The molecule has 4 rings (SSSR count). The number of hydrogen-bond donors (Lipinski definition) is 1. The molecule has 1 N–H and O–H groups in total. The fourth-order valence-corrected chi connectivity index (χ4v) is 3.73. The van der Waals surface area contributed by atoms with E-state index in [1.165, 1.54) is 16.8 Å². The van der Waals surface area contributed by atoms with Gasteiger partial charge in [0.15, 0.2) is 5.82 Å². The van der Waals surface area contributed by atoms with E-state index in [4.69, 9.17) is 4.98 Å². The molecule has 6 heteroatoms. The Morgan fingerprint density at radius 3 is 2.41 bits per heavy atom. The molecule has 1 aliphatic rings. The zero-order chi connectivity index (χ0) is 18.6. The molecule has 0 saturated heterocycles. The van der Waals surface area contributed by atoms with Crippen LogP contribution in [-0.4, -0.2) is 37.1 Å². The highest BCUT2D eigenvalue weighted by Gasteiger charge is 2.27. The predicted octanol–water partition coefficient (Wildman–Crippen LogP) is 5.53. The Morgan fingerprint density at radius 2 is 1.66 bits per heavy atom. The zero-order valence-electron chi connectivity index (χ0n) is 16.8. The second kappa shape index (κ2) is 10.5. The zero-order valence-corrected chi connectivity index (χ0v) is 18.4. The minimum Gasteiger partial charge on any atom is -0.371 e. The van der Waals surface area contributed by atoms with Crippen LogP contribution in [0.2, 0.25) is 0 Å². The lowest BCUT2D eigenvalue weighted by Gasteiger charge is -2.26. The molecule has 3 aromatic rings. The van der Waals surface area contributed by atoms with Crippen molar-refractivity contribution < 1.29 is 0 Å². The summed E-state index contributed by atoms with van der Waals surface area (Å²) in [6.07, 6.45) is 2.96. The third kappa shape index (κ3) is 5.02. The molecule has 0 radical (unpaired) electrons. The first-order chi connectivity index (χ1) is 13.2. The smallest absolute Gasteiger partial charge is 0.156 e. The molecule has 4 nitrogen and oxygen atoms in total. The summed E-state index contributed by atoms with van der Waals surface area (Å²) in [5.74, 6) is 1.00. The fraction of sp³-hybridized carbons (Fsp3) is 0.261. The van der Waals surface area contributed by atoms with E-state index in [0.717, 1.165) is 31.0 Å². The van der Waals surface area contributed by atoms with E-state index in [1.807, 2.05) is 12.3 Å². The second-order valence-electron chi connectivity index (χ2n) is 7.23. The number of hydrogen-bond acceptors (Lipinski definition) is 4. The quantitative estimate of drug-likeness (QED) is 0.576. The summed E-state index contributed by atoms with van der Waals surface area (Å²) in [4.78, 5) is 9.33. The Hall–Kier alpha value is -2.27. The van der Waals surface area contributed by atoms with Gasteiger partial charge in [-0.05, 0) is 50.8 Å². The van der Waals surface area contributed by atoms with Gasteiger partial charge in [0, 0.05) is 24.0 Å². The summed E-state index contributed by atoms with van der Waals surface area (Å²) < 4.78 is 0. The van der Waals surface area contributed by atoms with Gasteiger partial charge < -0.3 is 15.1 Å². The van der Waals surface area contributed by atoms with Crippen LogP contribution >= 0.6 is 24.8 Å². The maximum Gasteiger partial charge on any atom is 0.156 e. The molecule has 0 aliphatic carbocycles. The molecule has 0 amide bonds. The number of nitrogens with one attached hydrogen (secondary N) is 1. The van der Waals surface area contributed by atoms with Crippen LogP contribution in [0.15, 0.2) is 72.9 Å². The SMILES string of the molecule is CN(C)CCCN1c2ccccc2C(c2ccccc2)Nc2cccnc21.Cl.Cl. The largest absolute Gasteiger partial charge is 0.371 e. The molecule has 154 valence electrons. The van der Waals surface area contributed by atoms with Gasteiger partial charge in [0.05, 0.1) is 11.7 Å². The number of nitrogens with zero attached hydrogens (tertiary/aromatic N) is 3. The monoisotopic (exact) mass is 430 g/mol. The summed E-state index contributed by atoms with van der Waals surface area (Å²) in [5.41, 5.74) is 4.85. The Morgan fingerprint density at radius 1 is 0.931 bits per heavy atom. The normalized spacial score (nSPS) is 14.6. The van der Waals surface area contributed by atoms with Crippen molar-refractivity contribution in [3.8, 4) is 0 Å². The average molecular weight is 431 g/mol. The Bertz CT molecular complexity index is 902. The van der Waals surface area contributed by atoms with Crippen LogP contribution in [0.1, 0.15) is 23.6 Å². The summed E-state index contributed by atoms with van der Waals surface area (Å²) in [6.45, 7) is 1.98. The van der Waals surface area contributed by atoms with Crippen molar-refractivity contribution in [2.45, 2.75) is 12.5 Å². The van der Waals surface area contributed by atoms with Gasteiger partial charge in [-0.3, -0.25) is 0 Å². The summed E-state index contributed by atoms with van der Waals surface area (Å²) in [5, 5.41) is 3.75. The van der Waals surface area contributed by atoms with E-state index in [2.05, 4.69) is 89.9 Å². The molecule has 1 aliphatic heterocycles. The molecule has 1 aromatic heterocycles. The van der Waals surface area contributed by atoms with Crippen LogP contribution in [0.5, 0.6) is 0 Å². The van der Waals surface area contributed by atoms with Crippen LogP contribution in [0, 0.1) is 0 Å². The average Bonchev–Trinajstić information content (AvgIpc) is 2.84. The van der Waals surface area contributed by atoms with Gasteiger partial charge in [0.25, 0.3) is 0 Å². The molecular weight excluding hydrogens is 403 g/mol. The van der Waals surface area contributed by atoms with Crippen molar-refractivity contribution in [3.63, 3.8) is 0 Å². The van der Waals surface area contributed by atoms with Crippen molar-refractivity contribution >= 4 is 42.0 Å². The van der Waals surface area contributed by atoms with E-state index in [-0.39, 0.29) is 30.9 Å². The van der Waals surface area contributed by atoms with Crippen molar-refractivity contribution in [2.75, 3.05) is 37.4 Å². The molecular formula is C23H28Cl2N4. The molecule has 2 heterocycles. The highest BCUT2D eigenvalue weighted by atomic mass is 35.5. The molecule has 0 spiro atoms. The lowest BCUT2D eigenvalue weighted by molar-refractivity contribution is 0.402. The Balaban J connectivity index is 0.00000150. The van der Waals surface area contributed by atoms with Crippen LogP contribution in [0.4, 0.5) is 17.2 Å². The molecule has 2 aromatic carbocycles. The molecule has 29 heavy (non-hydrogen) atoms. The minimum atomic E-state index is 0. The van der Waals surface area contributed by atoms with Crippen molar-refractivity contribution in [1.82, 2.24) is 9.88 Å². The first-order valence-corrected chi connectivity index (χ1v) is 9.52. The van der Waals surface area contributed by atoms with Gasteiger partial charge in [-0.25, -0.2) is 4.98 Å². The van der Waals surface area contributed by atoms with Crippen molar-refractivity contribution in [3.05, 3.63) is 84.1 Å². The first kappa shape index (κ1) is 23.0. The predicted molar refractivity (Wildman–Crippen MR) is 127 cm³/mol. The number of fused-ring (bicyclic) bond motifs is 2. The van der Waals surface area contributed by atoms with Gasteiger partial charge in [-0.1, -0.05) is 48.5 Å². The number of pyridine rings is 1. The number of anilines is 3. The molecule has 0 fully saturated rings. The van der Waals surface area contributed by atoms with E-state index in [1.54, 1.807) is 0 Å². The maximum atomic E-state index is 4.74. The van der Waals surface area contributed by atoms with Crippen molar-refractivity contribution in [1.29, 1.82) is 0 Å². The topological polar surface area (TPSA) is 31.4 Å². The number of aromatic nitrogens is 1. The van der Waals surface area contributed by atoms with Crippen LogP contribution in [0.3, 0.4) is 0 Å². The maximum absolute atomic E-state index is 4.74. The molecule has 0 saturated carbocycles. The Kier molecular flexibility index (Phi) is 8.32. The fourth-order valence-electron chi connectivity index (χ4n) is 3.73. The van der Waals surface area contributed by atoms with Crippen LogP contribution in [0.25, 0.3) is 0 Å². The number of benzene rings is 2. The second-order valence-corrected chi connectivity index (χ2v) is 7.23. The summed E-state index contributed by atoms with van der Waals surface area (Å²) in [6, 6.07) is 23.6. The molecule has 0 bridgehead atoms. The number of halogens is 2. The van der Waals surface area contributed by atoms with Gasteiger partial charge in [-0.15, -0.1) is 24.8 Å². The summed E-state index contributed by atoms with van der Waals surface area (Å²) in [7, 11) is 4.24. The Labute approximate surface area is 185 Å². The molecule has 1 atom stereocenters. The number of rotatable bonds is 5. The van der Waals surface area contributed by atoms with Crippen LogP contribution < -0.4 is 10.2 Å². The van der Waals surface area contributed by atoms with E-state index in [9.17, 15) is 0 Å². The first-order valence-electron chi connectivity index (χ1n) is 9.52.